The minimum Gasteiger partial charge on any atom is -0.317 e. The largest absolute Gasteiger partial charge is 0.317 e. The molecule has 0 bridgehead atoms. The van der Waals surface area contributed by atoms with E-state index in [2.05, 4.69) is 38.0 Å². The molecule has 0 aromatic rings. The molecule has 1 aliphatic rings. The molecule has 1 rings (SSSR count). The number of rotatable bonds is 8. The van der Waals surface area contributed by atoms with Gasteiger partial charge in [-0.15, -0.1) is 0 Å². The van der Waals surface area contributed by atoms with Crippen LogP contribution in [-0.2, 0) is 0 Å². The first-order chi connectivity index (χ1) is 7.19. The molecule has 2 unspecified atom stereocenters. The molecule has 1 N–H and O–H groups in total. The van der Waals surface area contributed by atoms with Crippen LogP contribution in [0.1, 0.15) is 52.9 Å². The quantitative estimate of drug-likeness (QED) is 0.665. The summed E-state index contributed by atoms with van der Waals surface area (Å²) in [7, 11) is 2.06. The smallest absolute Gasteiger partial charge is 0.00992 e. The second-order valence-corrected chi connectivity index (χ2v) is 5.10. The molecule has 0 aliphatic heterocycles. The van der Waals surface area contributed by atoms with Crippen LogP contribution in [0.2, 0.25) is 0 Å². The van der Waals surface area contributed by atoms with Crippen molar-refractivity contribution < 1.29 is 0 Å². The van der Waals surface area contributed by atoms with Gasteiger partial charge in [0, 0.05) is 18.1 Å². The van der Waals surface area contributed by atoms with E-state index in [1.54, 1.807) is 0 Å². The third-order valence-corrected chi connectivity index (χ3v) is 3.54. The molecule has 1 aliphatic carbocycles. The Morgan fingerprint density at radius 3 is 2.47 bits per heavy atom. The Kier molecular flexibility index (Phi) is 5.62. The summed E-state index contributed by atoms with van der Waals surface area (Å²) in [6, 6.07) is 2.30. The molecule has 90 valence electrons. The van der Waals surface area contributed by atoms with Crippen LogP contribution in [0.4, 0.5) is 0 Å². The maximum Gasteiger partial charge on any atom is 0.00992 e. The standard InChI is InChI=1S/C13H28N2/c1-5-6-9-15(13-7-8-13)12(3)10-11(2)14-4/h11-14H,5-10H2,1-4H3. The zero-order valence-corrected chi connectivity index (χ0v) is 10.9. The molecular weight excluding hydrogens is 184 g/mol. The van der Waals surface area contributed by atoms with Gasteiger partial charge in [0.25, 0.3) is 0 Å². The van der Waals surface area contributed by atoms with Gasteiger partial charge in [0.05, 0.1) is 0 Å². The molecule has 2 heteroatoms. The first kappa shape index (κ1) is 13.0. The minimum absolute atomic E-state index is 0.642. The fourth-order valence-corrected chi connectivity index (χ4v) is 2.27. The van der Waals surface area contributed by atoms with Gasteiger partial charge in [0.2, 0.25) is 0 Å². The molecule has 0 aromatic heterocycles. The van der Waals surface area contributed by atoms with Crippen molar-refractivity contribution in [2.75, 3.05) is 13.6 Å². The molecular formula is C13H28N2. The van der Waals surface area contributed by atoms with Crippen LogP contribution in [0.15, 0.2) is 0 Å². The van der Waals surface area contributed by atoms with E-state index in [1.807, 2.05) is 0 Å². The van der Waals surface area contributed by atoms with Crippen LogP contribution in [0, 0.1) is 0 Å². The molecule has 0 aromatic carbocycles. The number of nitrogens with zero attached hydrogens (tertiary/aromatic N) is 1. The van der Waals surface area contributed by atoms with E-state index in [-0.39, 0.29) is 0 Å². The number of hydrogen-bond donors (Lipinski definition) is 1. The molecule has 2 nitrogen and oxygen atoms in total. The van der Waals surface area contributed by atoms with Crippen molar-refractivity contribution in [3.05, 3.63) is 0 Å². The average Bonchev–Trinajstić information content (AvgIpc) is 3.02. The molecule has 0 radical (unpaired) electrons. The molecule has 0 saturated heterocycles. The van der Waals surface area contributed by atoms with Gasteiger partial charge >= 0.3 is 0 Å². The van der Waals surface area contributed by atoms with Gasteiger partial charge in [-0.3, -0.25) is 4.90 Å². The number of hydrogen-bond acceptors (Lipinski definition) is 2. The molecule has 2 atom stereocenters. The zero-order chi connectivity index (χ0) is 11.3. The summed E-state index contributed by atoms with van der Waals surface area (Å²) in [6.07, 6.45) is 6.81. The predicted molar refractivity (Wildman–Crippen MR) is 67.2 cm³/mol. The highest BCUT2D eigenvalue weighted by atomic mass is 15.2. The lowest BCUT2D eigenvalue weighted by atomic mass is 10.1. The van der Waals surface area contributed by atoms with E-state index in [0.29, 0.717) is 6.04 Å². The second kappa shape index (κ2) is 6.49. The number of nitrogens with one attached hydrogen (secondary N) is 1. The van der Waals surface area contributed by atoms with Gasteiger partial charge in [-0.1, -0.05) is 13.3 Å². The Hall–Kier alpha value is -0.0800. The fourth-order valence-electron chi connectivity index (χ4n) is 2.27. The Morgan fingerprint density at radius 2 is 2.00 bits per heavy atom. The maximum absolute atomic E-state index is 3.34. The van der Waals surface area contributed by atoms with Crippen molar-refractivity contribution in [3.8, 4) is 0 Å². The van der Waals surface area contributed by atoms with Crippen LogP contribution in [-0.4, -0.2) is 36.6 Å². The van der Waals surface area contributed by atoms with Crippen molar-refractivity contribution >= 4 is 0 Å². The summed E-state index contributed by atoms with van der Waals surface area (Å²) in [5, 5.41) is 3.34. The van der Waals surface area contributed by atoms with Crippen LogP contribution >= 0.6 is 0 Å². The Bertz CT molecular complexity index is 166. The normalized spacial score (nSPS) is 20.6. The highest BCUT2D eigenvalue weighted by Gasteiger charge is 2.31. The summed E-state index contributed by atoms with van der Waals surface area (Å²) in [5.74, 6) is 0. The van der Waals surface area contributed by atoms with E-state index in [0.717, 1.165) is 12.1 Å². The molecule has 1 fully saturated rings. The summed E-state index contributed by atoms with van der Waals surface area (Å²) in [4.78, 5) is 2.73. The molecule has 0 heterocycles. The third-order valence-electron chi connectivity index (χ3n) is 3.54. The Morgan fingerprint density at radius 1 is 1.33 bits per heavy atom. The van der Waals surface area contributed by atoms with Crippen molar-refractivity contribution in [2.24, 2.45) is 0 Å². The average molecular weight is 212 g/mol. The van der Waals surface area contributed by atoms with Crippen LogP contribution in [0.25, 0.3) is 0 Å². The van der Waals surface area contributed by atoms with Crippen molar-refractivity contribution in [1.29, 1.82) is 0 Å². The van der Waals surface area contributed by atoms with Gasteiger partial charge < -0.3 is 5.32 Å². The van der Waals surface area contributed by atoms with Gasteiger partial charge in [0.1, 0.15) is 0 Å². The van der Waals surface area contributed by atoms with E-state index in [9.17, 15) is 0 Å². The molecule has 15 heavy (non-hydrogen) atoms. The van der Waals surface area contributed by atoms with Crippen LogP contribution in [0.5, 0.6) is 0 Å². The molecule has 0 spiro atoms. The van der Waals surface area contributed by atoms with Crippen molar-refractivity contribution in [1.82, 2.24) is 10.2 Å². The van der Waals surface area contributed by atoms with Gasteiger partial charge in [-0.25, -0.2) is 0 Å². The second-order valence-electron chi connectivity index (χ2n) is 5.10. The monoisotopic (exact) mass is 212 g/mol. The predicted octanol–water partition coefficient (Wildman–Crippen LogP) is 2.64. The lowest BCUT2D eigenvalue weighted by Gasteiger charge is -2.30. The minimum atomic E-state index is 0.642. The van der Waals surface area contributed by atoms with Gasteiger partial charge in [0.15, 0.2) is 0 Å². The lowest BCUT2D eigenvalue weighted by molar-refractivity contribution is 0.177. The topological polar surface area (TPSA) is 15.3 Å². The van der Waals surface area contributed by atoms with E-state index in [1.165, 1.54) is 38.6 Å². The molecule has 1 saturated carbocycles. The maximum atomic E-state index is 3.34. The third kappa shape index (κ3) is 4.52. The lowest BCUT2D eigenvalue weighted by Crippen LogP contribution is -2.39. The van der Waals surface area contributed by atoms with Gasteiger partial charge in [-0.2, -0.15) is 0 Å². The van der Waals surface area contributed by atoms with E-state index < -0.39 is 0 Å². The summed E-state index contributed by atoms with van der Waals surface area (Å²) in [6.45, 7) is 8.26. The van der Waals surface area contributed by atoms with Crippen molar-refractivity contribution in [2.45, 2.75) is 71.0 Å². The summed E-state index contributed by atoms with van der Waals surface area (Å²) < 4.78 is 0. The summed E-state index contributed by atoms with van der Waals surface area (Å²) >= 11 is 0. The highest BCUT2D eigenvalue weighted by Crippen LogP contribution is 2.29. The molecule has 0 amide bonds. The van der Waals surface area contributed by atoms with E-state index in [4.69, 9.17) is 0 Å². The fraction of sp³-hybridized carbons (Fsp3) is 1.00. The summed E-state index contributed by atoms with van der Waals surface area (Å²) in [5.41, 5.74) is 0. The first-order valence-corrected chi connectivity index (χ1v) is 6.62. The van der Waals surface area contributed by atoms with Crippen molar-refractivity contribution in [3.63, 3.8) is 0 Å². The first-order valence-electron chi connectivity index (χ1n) is 6.62. The number of unbranched alkanes of at least 4 members (excludes halogenated alkanes) is 1. The van der Waals surface area contributed by atoms with E-state index >= 15 is 0 Å². The Labute approximate surface area is 95.4 Å². The SMILES string of the molecule is CCCCN(C(C)CC(C)NC)C1CC1. The zero-order valence-electron chi connectivity index (χ0n) is 10.9. The van der Waals surface area contributed by atoms with Gasteiger partial charge in [-0.05, 0) is 53.1 Å². The highest BCUT2D eigenvalue weighted by molar-refractivity contribution is 4.88. The van der Waals surface area contributed by atoms with Crippen LogP contribution in [0.3, 0.4) is 0 Å². The Balaban J connectivity index is 2.33. The van der Waals surface area contributed by atoms with Crippen LogP contribution < -0.4 is 5.32 Å².